The van der Waals surface area contributed by atoms with Crippen molar-refractivity contribution < 1.29 is 4.74 Å². The van der Waals surface area contributed by atoms with Crippen LogP contribution in [0.4, 0.5) is 0 Å². The Hall–Kier alpha value is -2.54. The summed E-state index contributed by atoms with van der Waals surface area (Å²) in [5.41, 5.74) is 12.4. The van der Waals surface area contributed by atoms with Crippen LogP contribution in [0.1, 0.15) is 95.5 Å². The number of unbranched alkanes of at least 4 members (excludes halogenated alkanes) is 5. The average Bonchev–Trinajstić information content (AvgIpc) is 2.81. The topological polar surface area (TPSA) is 9.23 Å². The van der Waals surface area contributed by atoms with Crippen molar-refractivity contribution in [3.8, 4) is 5.75 Å². The van der Waals surface area contributed by atoms with Crippen molar-refractivity contribution in [2.45, 2.75) is 92.9 Å². The van der Waals surface area contributed by atoms with Crippen molar-refractivity contribution in [2.24, 2.45) is 0 Å². The maximum atomic E-state index is 6.25. The van der Waals surface area contributed by atoms with Gasteiger partial charge in [-0.25, -0.2) is 0 Å². The van der Waals surface area contributed by atoms with Crippen LogP contribution in [0.15, 0.2) is 48.5 Å². The third kappa shape index (κ3) is 7.23. The molecule has 0 unspecified atom stereocenters. The summed E-state index contributed by atoms with van der Waals surface area (Å²) in [7, 11) is 0. The molecule has 0 amide bonds. The summed E-state index contributed by atoms with van der Waals surface area (Å²) < 4.78 is 6.25. The van der Waals surface area contributed by atoms with Crippen molar-refractivity contribution in [3.63, 3.8) is 0 Å². The van der Waals surface area contributed by atoms with E-state index in [0.717, 1.165) is 31.6 Å². The van der Waals surface area contributed by atoms with Gasteiger partial charge in [0.1, 0.15) is 5.75 Å². The Morgan fingerprint density at radius 3 is 2.12 bits per heavy atom. The molecule has 0 N–H and O–H groups in total. The van der Waals surface area contributed by atoms with Gasteiger partial charge < -0.3 is 4.74 Å². The highest BCUT2D eigenvalue weighted by Crippen LogP contribution is 2.27. The number of ether oxygens (including phenoxy) is 1. The molecule has 1 heteroatoms. The van der Waals surface area contributed by atoms with Crippen LogP contribution in [0.25, 0.3) is 0 Å². The number of aryl methyl sites for hydroxylation is 3. The van der Waals surface area contributed by atoms with Gasteiger partial charge in [-0.3, -0.25) is 0 Å². The minimum atomic E-state index is 0.813. The molecule has 34 heavy (non-hydrogen) atoms. The summed E-state index contributed by atoms with van der Waals surface area (Å²) in [5.74, 6) is 1.05. The normalized spacial score (nSPS) is 11.1. The van der Waals surface area contributed by atoms with Crippen molar-refractivity contribution in [2.75, 3.05) is 6.61 Å². The van der Waals surface area contributed by atoms with Gasteiger partial charge in [-0.05, 0) is 98.0 Å². The van der Waals surface area contributed by atoms with E-state index < -0.39 is 0 Å². The van der Waals surface area contributed by atoms with Gasteiger partial charge in [-0.15, -0.1) is 0 Å². The van der Waals surface area contributed by atoms with Crippen LogP contribution in [-0.4, -0.2) is 6.61 Å². The molecule has 0 bridgehead atoms. The first kappa shape index (κ1) is 26.1. The lowest BCUT2D eigenvalue weighted by Crippen LogP contribution is -2.02. The van der Waals surface area contributed by atoms with Gasteiger partial charge in [0.2, 0.25) is 0 Å². The Kier molecular flexibility index (Phi) is 9.81. The van der Waals surface area contributed by atoms with Crippen LogP contribution in [0, 0.1) is 34.6 Å². The largest absolute Gasteiger partial charge is 0.493 e. The highest BCUT2D eigenvalue weighted by atomic mass is 16.5. The average molecular weight is 457 g/mol. The zero-order valence-corrected chi connectivity index (χ0v) is 22.4. The van der Waals surface area contributed by atoms with Crippen LogP contribution in [0.2, 0.25) is 0 Å². The fraction of sp³-hybridized carbons (Fsp3) is 0.455. The minimum Gasteiger partial charge on any atom is -0.493 e. The minimum absolute atomic E-state index is 0.813. The first-order valence-corrected chi connectivity index (χ1v) is 13.3. The predicted octanol–water partition coefficient (Wildman–Crippen LogP) is 9.15. The number of hydrogen-bond acceptors (Lipinski definition) is 1. The second-order valence-electron chi connectivity index (χ2n) is 10.1. The summed E-state index contributed by atoms with van der Waals surface area (Å²) >= 11 is 0. The monoisotopic (exact) mass is 456 g/mol. The molecule has 1 nitrogen and oxygen atoms in total. The molecule has 0 atom stereocenters. The Morgan fingerprint density at radius 2 is 1.35 bits per heavy atom. The Morgan fingerprint density at radius 1 is 0.647 bits per heavy atom. The van der Waals surface area contributed by atoms with Gasteiger partial charge in [-0.1, -0.05) is 87.1 Å². The predicted molar refractivity (Wildman–Crippen MR) is 147 cm³/mol. The summed E-state index contributed by atoms with van der Waals surface area (Å²) in [6.45, 7) is 14.2. The zero-order chi connectivity index (χ0) is 24.5. The van der Waals surface area contributed by atoms with E-state index >= 15 is 0 Å². The van der Waals surface area contributed by atoms with Crippen molar-refractivity contribution in [1.82, 2.24) is 0 Å². The maximum absolute atomic E-state index is 6.25. The molecule has 0 aliphatic heterocycles. The van der Waals surface area contributed by atoms with E-state index in [1.165, 1.54) is 82.2 Å². The number of hydrogen-bond donors (Lipinski definition) is 0. The van der Waals surface area contributed by atoms with Gasteiger partial charge in [0.05, 0.1) is 6.61 Å². The molecule has 3 aromatic rings. The molecule has 0 fully saturated rings. The number of rotatable bonds is 12. The zero-order valence-electron chi connectivity index (χ0n) is 22.4. The molecule has 0 aromatic heterocycles. The molecule has 0 radical (unpaired) electrons. The molecule has 0 saturated heterocycles. The van der Waals surface area contributed by atoms with E-state index in [1.807, 2.05) is 0 Å². The molecule has 0 aliphatic carbocycles. The third-order valence-corrected chi connectivity index (χ3v) is 7.25. The molecular weight excluding hydrogens is 412 g/mol. The summed E-state index contributed by atoms with van der Waals surface area (Å²) in [5, 5.41) is 0. The van der Waals surface area contributed by atoms with E-state index in [0.29, 0.717) is 0 Å². The van der Waals surface area contributed by atoms with Gasteiger partial charge in [-0.2, -0.15) is 0 Å². The number of benzene rings is 3. The van der Waals surface area contributed by atoms with E-state index in [2.05, 4.69) is 90.1 Å². The Bertz CT molecular complexity index is 1080. The van der Waals surface area contributed by atoms with Crippen LogP contribution in [0.3, 0.4) is 0 Å². The van der Waals surface area contributed by atoms with E-state index in [-0.39, 0.29) is 0 Å². The van der Waals surface area contributed by atoms with Gasteiger partial charge in [0.25, 0.3) is 0 Å². The lowest BCUT2D eigenvalue weighted by molar-refractivity contribution is 0.302. The highest BCUT2D eigenvalue weighted by molar-refractivity contribution is 5.47. The lowest BCUT2D eigenvalue weighted by Gasteiger charge is -2.16. The second kappa shape index (κ2) is 12.8. The van der Waals surface area contributed by atoms with Crippen LogP contribution in [-0.2, 0) is 12.8 Å². The molecule has 0 spiro atoms. The van der Waals surface area contributed by atoms with Crippen LogP contribution < -0.4 is 4.74 Å². The molecule has 0 heterocycles. The maximum Gasteiger partial charge on any atom is 0.122 e. The molecule has 3 rings (SSSR count). The summed E-state index contributed by atoms with van der Waals surface area (Å²) in [6, 6.07) is 18.1. The van der Waals surface area contributed by atoms with E-state index in [9.17, 15) is 0 Å². The molecule has 0 aliphatic rings. The quantitative estimate of drug-likeness (QED) is 0.247. The van der Waals surface area contributed by atoms with Crippen molar-refractivity contribution in [1.29, 1.82) is 0 Å². The van der Waals surface area contributed by atoms with E-state index in [4.69, 9.17) is 4.74 Å². The first-order valence-electron chi connectivity index (χ1n) is 13.3. The molecule has 0 saturated carbocycles. The van der Waals surface area contributed by atoms with Crippen molar-refractivity contribution in [3.05, 3.63) is 98.6 Å². The third-order valence-electron chi connectivity index (χ3n) is 7.25. The SMILES string of the molecule is CCCCCCCCOc1ccc(C)cc1Cc1cccc(Cc2c(C)cc(C)c(C)c2C)c1. The molecule has 182 valence electrons. The Balaban J connectivity index is 1.69. The van der Waals surface area contributed by atoms with Crippen LogP contribution >= 0.6 is 0 Å². The Labute approximate surface area is 208 Å². The fourth-order valence-corrected chi connectivity index (χ4v) is 4.94. The summed E-state index contributed by atoms with van der Waals surface area (Å²) in [6.07, 6.45) is 9.63. The van der Waals surface area contributed by atoms with Gasteiger partial charge in [0, 0.05) is 6.42 Å². The van der Waals surface area contributed by atoms with Gasteiger partial charge in [0.15, 0.2) is 0 Å². The van der Waals surface area contributed by atoms with Crippen molar-refractivity contribution >= 4 is 0 Å². The van der Waals surface area contributed by atoms with Gasteiger partial charge >= 0.3 is 0 Å². The fourth-order valence-electron chi connectivity index (χ4n) is 4.94. The van der Waals surface area contributed by atoms with E-state index in [1.54, 1.807) is 0 Å². The standard InChI is InChI=1S/C33H44O/c1-7-8-9-10-11-12-18-34-33-17-16-24(2)19-31(33)22-29-14-13-15-30(21-29)23-32-26(4)20-25(3)27(5)28(32)6/h13-17,19-21H,7-12,18,22-23H2,1-6H3. The smallest absolute Gasteiger partial charge is 0.122 e. The van der Waals surface area contributed by atoms with Crippen LogP contribution in [0.5, 0.6) is 5.75 Å². The lowest BCUT2D eigenvalue weighted by atomic mass is 9.90. The molecule has 3 aromatic carbocycles. The second-order valence-corrected chi connectivity index (χ2v) is 10.1. The summed E-state index contributed by atoms with van der Waals surface area (Å²) in [4.78, 5) is 0. The highest BCUT2D eigenvalue weighted by Gasteiger charge is 2.11. The first-order chi connectivity index (χ1) is 16.4. The molecular formula is C33H44O.